The number of carboxylic acids is 1. The third-order valence-electron chi connectivity index (χ3n) is 4.69. The molecule has 164 valence electrons. The van der Waals surface area contributed by atoms with Crippen molar-refractivity contribution >= 4 is 45.4 Å². The molecule has 0 aliphatic rings. The van der Waals surface area contributed by atoms with Crippen molar-refractivity contribution in [2.45, 2.75) is 46.1 Å². The van der Waals surface area contributed by atoms with Crippen molar-refractivity contribution in [2.24, 2.45) is 5.92 Å². The van der Waals surface area contributed by atoms with E-state index in [9.17, 15) is 9.59 Å². The van der Waals surface area contributed by atoms with Gasteiger partial charge in [-0.1, -0.05) is 38.5 Å². The van der Waals surface area contributed by atoms with Crippen molar-refractivity contribution in [2.75, 3.05) is 10.6 Å². The van der Waals surface area contributed by atoms with Crippen LogP contribution in [0.2, 0.25) is 0 Å². The molecule has 0 radical (unpaired) electrons. The SMILES string of the molecule is CC(C)CCCc1ccccc1NCc1ccc(C(=O)Nc2nc(CC(=O)O)cs2)s1. The number of nitrogens with one attached hydrogen (secondary N) is 2. The number of thiazole rings is 1. The number of carbonyl (C=O) groups is 2. The first-order valence-electron chi connectivity index (χ1n) is 10.3. The number of amides is 1. The highest BCUT2D eigenvalue weighted by Crippen LogP contribution is 2.23. The molecule has 3 aromatic rings. The molecular formula is C23H27N3O3S2. The third kappa shape index (κ3) is 7.18. The van der Waals surface area contributed by atoms with Gasteiger partial charge in [0.05, 0.1) is 17.0 Å². The first kappa shape index (κ1) is 23.0. The van der Waals surface area contributed by atoms with Crippen molar-refractivity contribution < 1.29 is 14.7 Å². The number of aliphatic carboxylic acids is 1. The summed E-state index contributed by atoms with van der Waals surface area (Å²) in [5.41, 5.74) is 2.90. The summed E-state index contributed by atoms with van der Waals surface area (Å²) in [6, 6.07) is 12.1. The maximum atomic E-state index is 12.5. The standard InChI is InChI=1S/C23H27N3O3S2/c1-15(2)6-5-8-16-7-3-4-9-19(16)24-13-18-10-11-20(31-18)22(29)26-23-25-17(14-30-23)12-21(27)28/h3-4,7,9-11,14-15,24H,5-6,8,12-13H2,1-2H3,(H,27,28)(H,25,26,29). The highest BCUT2D eigenvalue weighted by Gasteiger charge is 2.13. The molecule has 0 saturated heterocycles. The highest BCUT2D eigenvalue weighted by atomic mass is 32.1. The second kappa shape index (κ2) is 11.1. The van der Waals surface area contributed by atoms with Gasteiger partial charge in [0.15, 0.2) is 5.13 Å². The van der Waals surface area contributed by atoms with Gasteiger partial charge in [0.25, 0.3) is 5.91 Å². The van der Waals surface area contributed by atoms with Gasteiger partial charge in [0.1, 0.15) is 0 Å². The van der Waals surface area contributed by atoms with Crippen LogP contribution in [0.25, 0.3) is 0 Å². The smallest absolute Gasteiger partial charge is 0.309 e. The van der Waals surface area contributed by atoms with Gasteiger partial charge in [-0.25, -0.2) is 4.98 Å². The van der Waals surface area contributed by atoms with E-state index in [1.807, 2.05) is 12.1 Å². The zero-order chi connectivity index (χ0) is 22.2. The number of benzene rings is 1. The minimum atomic E-state index is -0.944. The maximum Gasteiger partial charge on any atom is 0.309 e. The second-order valence-electron chi connectivity index (χ2n) is 7.73. The Hall–Kier alpha value is -2.71. The molecule has 31 heavy (non-hydrogen) atoms. The average Bonchev–Trinajstić information content (AvgIpc) is 3.36. The summed E-state index contributed by atoms with van der Waals surface area (Å²) < 4.78 is 0. The van der Waals surface area contributed by atoms with Crippen LogP contribution in [0.5, 0.6) is 0 Å². The van der Waals surface area contributed by atoms with Crippen molar-refractivity contribution in [1.82, 2.24) is 4.98 Å². The lowest BCUT2D eigenvalue weighted by atomic mass is 10.0. The van der Waals surface area contributed by atoms with E-state index in [4.69, 9.17) is 5.11 Å². The molecule has 2 aromatic heterocycles. The summed E-state index contributed by atoms with van der Waals surface area (Å²) in [5, 5.41) is 17.1. The second-order valence-corrected chi connectivity index (χ2v) is 9.76. The quantitative estimate of drug-likeness (QED) is 0.345. The summed E-state index contributed by atoms with van der Waals surface area (Å²) >= 11 is 2.66. The van der Waals surface area contributed by atoms with E-state index in [0.29, 0.717) is 28.2 Å². The van der Waals surface area contributed by atoms with Crippen LogP contribution in [0, 0.1) is 5.92 Å². The minimum Gasteiger partial charge on any atom is -0.481 e. The van der Waals surface area contributed by atoms with Crippen LogP contribution >= 0.6 is 22.7 Å². The van der Waals surface area contributed by atoms with Gasteiger partial charge < -0.3 is 10.4 Å². The fourth-order valence-electron chi connectivity index (χ4n) is 3.15. The number of thiophene rings is 1. The van der Waals surface area contributed by atoms with Crippen LogP contribution < -0.4 is 10.6 Å². The fourth-order valence-corrected chi connectivity index (χ4v) is 4.70. The van der Waals surface area contributed by atoms with Crippen LogP contribution in [-0.4, -0.2) is 22.0 Å². The topological polar surface area (TPSA) is 91.3 Å². The highest BCUT2D eigenvalue weighted by molar-refractivity contribution is 7.15. The molecule has 2 heterocycles. The zero-order valence-corrected chi connectivity index (χ0v) is 19.3. The summed E-state index contributed by atoms with van der Waals surface area (Å²) in [4.78, 5) is 29.0. The Balaban J connectivity index is 1.55. The first-order chi connectivity index (χ1) is 14.9. The van der Waals surface area contributed by atoms with E-state index in [0.717, 1.165) is 17.0 Å². The molecule has 0 saturated carbocycles. The van der Waals surface area contributed by atoms with Crippen LogP contribution in [0.4, 0.5) is 10.8 Å². The monoisotopic (exact) mass is 457 g/mol. The molecule has 0 bridgehead atoms. The molecule has 0 aliphatic carbocycles. The van der Waals surface area contributed by atoms with Crippen LogP contribution in [0.3, 0.4) is 0 Å². The number of aryl methyl sites for hydroxylation is 1. The fraction of sp³-hybridized carbons (Fsp3) is 0.348. The lowest BCUT2D eigenvalue weighted by molar-refractivity contribution is -0.136. The van der Waals surface area contributed by atoms with Crippen LogP contribution in [0.15, 0.2) is 41.8 Å². The van der Waals surface area contributed by atoms with E-state index in [2.05, 4.69) is 47.7 Å². The number of para-hydroxylation sites is 1. The van der Waals surface area contributed by atoms with Gasteiger partial charge >= 0.3 is 5.97 Å². The number of nitrogens with zero attached hydrogens (tertiary/aromatic N) is 1. The van der Waals surface area contributed by atoms with Crippen LogP contribution in [-0.2, 0) is 24.2 Å². The molecule has 0 spiro atoms. The Labute approximate surface area is 190 Å². The normalized spacial score (nSPS) is 10.9. The maximum absolute atomic E-state index is 12.5. The van der Waals surface area contributed by atoms with E-state index in [-0.39, 0.29) is 12.3 Å². The predicted octanol–water partition coefficient (Wildman–Crippen LogP) is 5.67. The summed E-state index contributed by atoms with van der Waals surface area (Å²) in [7, 11) is 0. The Bertz CT molecular complexity index is 1030. The Morgan fingerprint density at radius 1 is 1.16 bits per heavy atom. The largest absolute Gasteiger partial charge is 0.481 e. The number of carboxylic acid groups (broad SMARTS) is 1. The minimum absolute atomic E-state index is 0.153. The Morgan fingerprint density at radius 2 is 1.97 bits per heavy atom. The average molecular weight is 458 g/mol. The lowest BCUT2D eigenvalue weighted by Gasteiger charge is -2.12. The summed E-state index contributed by atoms with van der Waals surface area (Å²) in [6.07, 6.45) is 3.29. The number of rotatable bonds is 11. The van der Waals surface area contributed by atoms with E-state index < -0.39 is 5.97 Å². The van der Waals surface area contributed by atoms with E-state index >= 15 is 0 Å². The molecule has 3 N–H and O–H groups in total. The number of hydrogen-bond donors (Lipinski definition) is 3. The van der Waals surface area contributed by atoms with Crippen molar-refractivity contribution in [1.29, 1.82) is 0 Å². The lowest BCUT2D eigenvalue weighted by Crippen LogP contribution is -2.10. The van der Waals surface area contributed by atoms with E-state index in [1.165, 1.54) is 41.1 Å². The van der Waals surface area contributed by atoms with Gasteiger partial charge in [-0.15, -0.1) is 22.7 Å². The number of aromatic nitrogens is 1. The van der Waals surface area contributed by atoms with E-state index in [1.54, 1.807) is 11.4 Å². The molecule has 1 amide bonds. The predicted molar refractivity (Wildman–Crippen MR) is 127 cm³/mol. The Kier molecular flexibility index (Phi) is 8.20. The van der Waals surface area contributed by atoms with Crippen molar-refractivity contribution in [3.8, 4) is 0 Å². The number of hydrogen-bond acceptors (Lipinski definition) is 6. The number of carbonyl (C=O) groups excluding carboxylic acids is 1. The molecule has 0 aliphatic heterocycles. The molecular weight excluding hydrogens is 430 g/mol. The van der Waals surface area contributed by atoms with Gasteiger partial charge in [-0.2, -0.15) is 0 Å². The molecule has 0 unspecified atom stereocenters. The van der Waals surface area contributed by atoms with Gasteiger partial charge in [0, 0.05) is 22.5 Å². The molecule has 0 atom stereocenters. The zero-order valence-electron chi connectivity index (χ0n) is 17.7. The molecule has 6 nitrogen and oxygen atoms in total. The third-order valence-corrected chi connectivity index (χ3v) is 6.58. The first-order valence-corrected chi connectivity index (χ1v) is 12.0. The Morgan fingerprint density at radius 3 is 2.74 bits per heavy atom. The summed E-state index contributed by atoms with van der Waals surface area (Å²) in [5.74, 6) is -0.467. The van der Waals surface area contributed by atoms with Gasteiger partial charge in [0.2, 0.25) is 0 Å². The van der Waals surface area contributed by atoms with Crippen LogP contribution in [0.1, 0.15) is 52.5 Å². The van der Waals surface area contributed by atoms with Crippen molar-refractivity contribution in [3.63, 3.8) is 0 Å². The molecule has 8 heteroatoms. The molecule has 3 rings (SSSR count). The van der Waals surface area contributed by atoms with Gasteiger partial charge in [-0.05, 0) is 42.5 Å². The summed E-state index contributed by atoms with van der Waals surface area (Å²) in [6.45, 7) is 5.15. The van der Waals surface area contributed by atoms with Gasteiger partial charge in [-0.3, -0.25) is 14.9 Å². The van der Waals surface area contributed by atoms with Crippen molar-refractivity contribution in [3.05, 3.63) is 62.8 Å². The molecule has 1 aromatic carbocycles. The number of anilines is 2. The molecule has 0 fully saturated rings.